The molecule has 198 valence electrons. The fraction of sp³-hybridized carbons (Fsp3) is 0.417. The van der Waals surface area contributed by atoms with Gasteiger partial charge in [-0.3, -0.25) is 33.8 Å². The van der Waals surface area contributed by atoms with Crippen LogP contribution in [0.2, 0.25) is 0 Å². The van der Waals surface area contributed by atoms with Gasteiger partial charge in [0.05, 0.1) is 6.20 Å². The topological polar surface area (TPSA) is 195 Å². The highest BCUT2D eigenvalue weighted by atomic mass is 16.2. The number of anilines is 1. The molecule has 1 atom stereocenters. The summed E-state index contributed by atoms with van der Waals surface area (Å²) in [5.74, 6) is -3.68. The van der Waals surface area contributed by atoms with E-state index in [-0.39, 0.29) is 30.3 Å². The standard InChI is InChI=1S/C24H31N7O6/c1-3-15(4-2)12-28-20(33)14-31-11-5-6-17(24(31)37)30-22(35)16(7-8-19(32)21(25)34)29-23(36)18-13-26-9-10-27-18/h5-6,9-11,13,15-16H,3-4,7-8,12,14H2,1-2H3,(H2,25,34)(H,28,33)(H,29,36)(H,30,35)/t16-/m0/s1. The number of carbonyl (C=O) groups excluding carboxylic acids is 5. The molecule has 0 aromatic carbocycles. The van der Waals surface area contributed by atoms with Crippen molar-refractivity contribution >= 4 is 35.1 Å². The molecule has 0 saturated heterocycles. The summed E-state index contributed by atoms with van der Waals surface area (Å²) in [6, 6.07) is 1.51. The number of hydrogen-bond acceptors (Lipinski definition) is 8. The number of rotatable bonds is 14. The van der Waals surface area contributed by atoms with Crippen molar-refractivity contribution in [3.8, 4) is 0 Å². The Morgan fingerprint density at radius 3 is 2.46 bits per heavy atom. The van der Waals surface area contributed by atoms with Crippen molar-refractivity contribution in [1.82, 2.24) is 25.2 Å². The van der Waals surface area contributed by atoms with Crippen LogP contribution in [-0.4, -0.2) is 56.5 Å². The summed E-state index contributed by atoms with van der Waals surface area (Å²) in [6.07, 6.45) is 6.39. The number of carbonyl (C=O) groups is 5. The van der Waals surface area contributed by atoms with Gasteiger partial charge in [0.2, 0.25) is 17.6 Å². The molecule has 0 saturated carbocycles. The number of nitrogens with two attached hydrogens (primary N) is 1. The van der Waals surface area contributed by atoms with Gasteiger partial charge in [-0.25, -0.2) is 4.98 Å². The van der Waals surface area contributed by atoms with Crippen molar-refractivity contribution in [3.63, 3.8) is 0 Å². The van der Waals surface area contributed by atoms with Gasteiger partial charge in [-0.15, -0.1) is 0 Å². The van der Waals surface area contributed by atoms with E-state index in [0.717, 1.165) is 17.4 Å². The molecule has 13 heteroatoms. The monoisotopic (exact) mass is 513 g/mol. The van der Waals surface area contributed by atoms with Gasteiger partial charge in [-0.2, -0.15) is 0 Å². The van der Waals surface area contributed by atoms with Crippen LogP contribution in [0.15, 0.2) is 41.7 Å². The highest BCUT2D eigenvalue weighted by Gasteiger charge is 2.25. The lowest BCUT2D eigenvalue weighted by Crippen LogP contribution is -2.45. The van der Waals surface area contributed by atoms with Crippen LogP contribution in [0, 0.1) is 5.92 Å². The van der Waals surface area contributed by atoms with Gasteiger partial charge in [-0.05, 0) is 24.5 Å². The van der Waals surface area contributed by atoms with Gasteiger partial charge in [0.15, 0.2) is 0 Å². The lowest BCUT2D eigenvalue weighted by atomic mass is 10.0. The molecule has 2 aromatic heterocycles. The Bertz CT molecular complexity index is 1180. The largest absolute Gasteiger partial charge is 0.363 e. The molecule has 0 spiro atoms. The minimum absolute atomic E-state index is 0.0806. The van der Waals surface area contributed by atoms with Gasteiger partial charge in [0.1, 0.15) is 24.0 Å². The zero-order valence-electron chi connectivity index (χ0n) is 20.7. The number of aromatic nitrogens is 3. The molecule has 0 aliphatic rings. The molecule has 0 bridgehead atoms. The van der Waals surface area contributed by atoms with E-state index in [1.807, 2.05) is 13.8 Å². The fourth-order valence-electron chi connectivity index (χ4n) is 3.34. The molecule has 2 rings (SSSR count). The van der Waals surface area contributed by atoms with Crippen molar-refractivity contribution in [2.75, 3.05) is 11.9 Å². The molecule has 0 radical (unpaired) electrons. The molecule has 2 aromatic rings. The van der Waals surface area contributed by atoms with Crippen LogP contribution in [0.1, 0.15) is 50.0 Å². The Hall–Kier alpha value is -4.42. The summed E-state index contributed by atoms with van der Waals surface area (Å²) in [5.41, 5.74) is 4.12. The SMILES string of the molecule is CCC(CC)CNC(=O)Cn1cccc(NC(=O)[C@H](CCC(=O)C(N)=O)NC(=O)c2cnccn2)c1=O. The first kappa shape index (κ1) is 28.8. The molecule has 4 amide bonds. The highest BCUT2D eigenvalue weighted by molar-refractivity contribution is 6.35. The second-order valence-corrected chi connectivity index (χ2v) is 8.27. The average Bonchev–Trinajstić information content (AvgIpc) is 2.89. The number of nitrogens with one attached hydrogen (secondary N) is 3. The van der Waals surface area contributed by atoms with E-state index in [9.17, 15) is 28.8 Å². The van der Waals surface area contributed by atoms with Crippen LogP contribution in [0.3, 0.4) is 0 Å². The summed E-state index contributed by atoms with van der Waals surface area (Å²) in [5, 5.41) is 7.64. The second-order valence-electron chi connectivity index (χ2n) is 8.27. The van der Waals surface area contributed by atoms with Crippen LogP contribution < -0.4 is 27.2 Å². The summed E-state index contributed by atoms with van der Waals surface area (Å²) in [4.78, 5) is 81.1. The maximum absolute atomic E-state index is 13.0. The zero-order valence-corrected chi connectivity index (χ0v) is 20.7. The highest BCUT2D eigenvalue weighted by Crippen LogP contribution is 2.07. The Labute approximate surface area is 213 Å². The molecule has 37 heavy (non-hydrogen) atoms. The summed E-state index contributed by atoms with van der Waals surface area (Å²) < 4.78 is 1.14. The number of hydrogen-bond donors (Lipinski definition) is 4. The maximum Gasteiger partial charge on any atom is 0.284 e. The summed E-state index contributed by atoms with van der Waals surface area (Å²) >= 11 is 0. The predicted octanol–water partition coefficient (Wildman–Crippen LogP) is -0.238. The number of nitrogens with zero attached hydrogens (tertiary/aromatic N) is 3. The first-order valence-corrected chi connectivity index (χ1v) is 11.8. The molecule has 0 aliphatic carbocycles. The van der Waals surface area contributed by atoms with Crippen LogP contribution in [0.25, 0.3) is 0 Å². The van der Waals surface area contributed by atoms with Gasteiger partial charge >= 0.3 is 0 Å². The molecule has 0 unspecified atom stereocenters. The van der Waals surface area contributed by atoms with Gasteiger partial charge in [0, 0.05) is 31.6 Å². The molecular weight excluding hydrogens is 482 g/mol. The van der Waals surface area contributed by atoms with Crippen LogP contribution in [0.4, 0.5) is 5.69 Å². The molecule has 2 heterocycles. The van der Waals surface area contributed by atoms with Crippen molar-refractivity contribution < 1.29 is 24.0 Å². The number of pyridine rings is 1. The van der Waals surface area contributed by atoms with Crippen LogP contribution in [-0.2, 0) is 25.7 Å². The minimum atomic E-state index is -1.31. The van der Waals surface area contributed by atoms with Gasteiger partial charge in [0.25, 0.3) is 17.4 Å². The normalized spacial score (nSPS) is 11.4. The van der Waals surface area contributed by atoms with E-state index in [0.29, 0.717) is 12.5 Å². The molecule has 0 aliphatic heterocycles. The van der Waals surface area contributed by atoms with E-state index in [1.165, 1.54) is 36.9 Å². The van der Waals surface area contributed by atoms with Gasteiger partial charge < -0.3 is 26.3 Å². The third-order valence-electron chi connectivity index (χ3n) is 5.69. The fourth-order valence-corrected chi connectivity index (χ4v) is 3.34. The summed E-state index contributed by atoms with van der Waals surface area (Å²) in [7, 11) is 0. The van der Waals surface area contributed by atoms with Crippen molar-refractivity contribution in [2.45, 2.75) is 52.1 Å². The lowest BCUT2D eigenvalue weighted by molar-refractivity contribution is -0.136. The number of primary amides is 1. The van der Waals surface area contributed by atoms with Gasteiger partial charge in [-0.1, -0.05) is 26.7 Å². The smallest absolute Gasteiger partial charge is 0.284 e. The van der Waals surface area contributed by atoms with Crippen molar-refractivity contribution in [1.29, 1.82) is 0 Å². The molecule has 13 nitrogen and oxygen atoms in total. The van der Waals surface area contributed by atoms with E-state index < -0.39 is 41.5 Å². The van der Waals surface area contributed by atoms with E-state index >= 15 is 0 Å². The number of Topliss-reactive ketones (excluding diaryl/α,β-unsaturated/α-hetero) is 1. The molecular formula is C24H31N7O6. The molecule has 5 N–H and O–H groups in total. The average molecular weight is 514 g/mol. The first-order valence-electron chi connectivity index (χ1n) is 11.8. The first-order chi connectivity index (χ1) is 17.7. The minimum Gasteiger partial charge on any atom is -0.363 e. The number of ketones is 1. The quantitative estimate of drug-likeness (QED) is 0.248. The van der Waals surface area contributed by atoms with E-state index in [4.69, 9.17) is 5.73 Å². The summed E-state index contributed by atoms with van der Waals surface area (Å²) in [6.45, 7) is 4.31. The Morgan fingerprint density at radius 2 is 1.84 bits per heavy atom. The number of amides is 4. The third kappa shape index (κ3) is 8.94. The van der Waals surface area contributed by atoms with Crippen molar-refractivity contribution in [3.05, 3.63) is 53.0 Å². The lowest BCUT2D eigenvalue weighted by Gasteiger charge is -2.18. The van der Waals surface area contributed by atoms with E-state index in [1.54, 1.807) is 0 Å². The zero-order chi connectivity index (χ0) is 27.4. The predicted molar refractivity (Wildman–Crippen MR) is 133 cm³/mol. The van der Waals surface area contributed by atoms with E-state index in [2.05, 4.69) is 25.9 Å². The second kappa shape index (κ2) is 14.2. The Balaban J connectivity index is 2.15. The van der Waals surface area contributed by atoms with Crippen LogP contribution in [0.5, 0.6) is 0 Å². The Morgan fingerprint density at radius 1 is 1.11 bits per heavy atom. The Kier molecular flexibility index (Phi) is 11.1. The third-order valence-corrected chi connectivity index (χ3v) is 5.69. The van der Waals surface area contributed by atoms with Crippen LogP contribution >= 0.6 is 0 Å². The molecule has 0 fully saturated rings. The maximum atomic E-state index is 13.0. The van der Waals surface area contributed by atoms with Crippen molar-refractivity contribution in [2.24, 2.45) is 11.7 Å².